The SMILES string of the molecule is CN=C(NCc1ccnc(-n2cccn2)c1)N1CCc2cc(OC)c(OC)cc2C1. The van der Waals surface area contributed by atoms with Gasteiger partial charge in [-0.3, -0.25) is 4.99 Å². The van der Waals surface area contributed by atoms with E-state index in [1.165, 1.54) is 11.1 Å². The van der Waals surface area contributed by atoms with Crippen LogP contribution < -0.4 is 14.8 Å². The Balaban J connectivity index is 1.45. The van der Waals surface area contributed by atoms with Gasteiger partial charge in [-0.25, -0.2) is 9.67 Å². The predicted molar refractivity (Wildman–Crippen MR) is 115 cm³/mol. The third kappa shape index (κ3) is 4.07. The second-order valence-corrected chi connectivity index (χ2v) is 7.02. The number of nitrogens with one attached hydrogen (secondary N) is 1. The normalized spacial score (nSPS) is 13.7. The van der Waals surface area contributed by atoms with E-state index in [9.17, 15) is 0 Å². The Kier molecular flexibility index (Phi) is 5.83. The van der Waals surface area contributed by atoms with Gasteiger partial charge in [0.05, 0.1) is 14.2 Å². The van der Waals surface area contributed by atoms with Crippen molar-refractivity contribution in [2.45, 2.75) is 19.5 Å². The summed E-state index contributed by atoms with van der Waals surface area (Å²) < 4.78 is 12.7. The van der Waals surface area contributed by atoms with E-state index in [1.54, 1.807) is 31.3 Å². The Bertz CT molecular complexity index is 1030. The number of nitrogens with zero attached hydrogens (tertiary/aromatic N) is 5. The molecule has 4 rings (SSSR count). The molecule has 8 nitrogen and oxygen atoms in total. The summed E-state index contributed by atoms with van der Waals surface area (Å²) in [5, 5.41) is 7.72. The summed E-state index contributed by atoms with van der Waals surface area (Å²) in [5.74, 6) is 3.19. The van der Waals surface area contributed by atoms with Crippen molar-refractivity contribution in [1.29, 1.82) is 0 Å². The monoisotopic (exact) mass is 406 g/mol. The quantitative estimate of drug-likeness (QED) is 0.518. The third-order valence-electron chi connectivity index (χ3n) is 5.23. The highest BCUT2D eigenvalue weighted by molar-refractivity contribution is 5.80. The van der Waals surface area contributed by atoms with E-state index in [4.69, 9.17) is 9.47 Å². The molecule has 1 aliphatic rings. The molecule has 2 aromatic heterocycles. The minimum Gasteiger partial charge on any atom is -0.493 e. The van der Waals surface area contributed by atoms with Crippen LogP contribution in [-0.2, 0) is 19.5 Å². The van der Waals surface area contributed by atoms with Crippen LogP contribution in [0.5, 0.6) is 11.5 Å². The molecular weight excluding hydrogens is 380 g/mol. The van der Waals surface area contributed by atoms with Crippen molar-refractivity contribution in [2.75, 3.05) is 27.8 Å². The molecule has 30 heavy (non-hydrogen) atoms. The summed E-state index contributed by atoms with van der Waals surface area (Å²) in [6.45, 7) is 2.31. The van der Waals surface area contributed by atoms with Crippen LogP contribution in [0.15, 0.2) is 53.9 Å². The minimum atomic E-state index is 0.652. The fourth-order valence-corrected chi connectivity index (χ4v) is 3.68. The Hall–Kier alpha value is -3.55. The molecular formula is C22H26N6O2. The number of guanidine groups is 1. The lowest BCUT2D eigenvalue weighted by molar-refractivity contribution is 0.346. The van der Waals surface area contributed by atoms with Crippen molar-refractivity contribution in [3.63, 3.8) is 0 Å². The minimum absolute atomic E-state index is 0.652. The van der Waals surface area contributed by atoms with Crippen LogP contribution in [0.2, 0.25) is 0 Å². The lowest BCUT2D eigenvalue weighted by Gasteiger charge is -2.32. The molecule has 0 radical (unpaired) electrons. The number of hydrogen-bond acceptors (Lipinski definition) is 5. The molecule has 0 spiro atoms. The van der Waals surface area contributed by atoms with Gasteiger partial charge in [0.15, 0.2) is 23.3 Å². The zero-order valence-corrected chi connectivity index (χ0v) is 17.5. The van der Waals surface area contributed by atoms with Crippen molar-refractivity contribution in [1.82, 2.24) is 25.0 Å². The molecule has 0 amide bonds. The highest BCUT2D eigenvalue weighted by Crippen LogP contribution is 2.33. The fraction of sp³-hybridized carbons (Fsp3) is 0.318. The van der Waals surface area contributed by atoms with Crippen LogP contribution in [0, 0.1) is 0 Å². The number of hydrogen-bond donors (Lipinski definition) is 1. The number of ether oxygens (including phenoxy) is 2. The number of methoxy groups -OCH3 is 2. The van der Waals surface area contributed by atoms with Gasteiger partial charge in [-0.15, -0.1) is 0 Å². The molecule has 0 bridgehead atoms. The maximum Gasteiger partial charge on any atom is 0.194 e. The van der Waals surface area contributed by atoms with Crippen molar-refractivity contribution in [2.24, 2.45) is 4.99 Å². The Morgan fingerprint density at radius 2 is 1.93 bits per heavy atom. The van der Waals surface area contributed by atoms with Crippen molar-refractivity contribution in [3.8, 4) is 17.3 Å². The van der Waals surface area contributed by atoms with E-state index in [1.807, 2.05) is 31.4 Å². The fourth-order valence-electron chi connectivity index (χ4n) is 3.68. The summed E-state index contributed by atoms with van der Waals surface area (Å²) in [7, 11) is 5.15. The lowest BCUT2D eigenvalue weighted by atomic mass is 9.99. The number of benzene rings is 1. The summed E-state index contributed by atoms with van der Waals surface area (Å²) in [5.41, 5.74) is 3.63. The Morgan fingerprint density at radius 3 is 2.63 bits per heavy atom. The van der Waals surface area contributed by atoms with E-state index in [-0.39, 0.29) is 0 Å². The van der Waals surface area contributed by atoms with Crippen molar-refractivity contribution >= 4 is 5.96 Å². The van der Waals surface area contributed by atoms with Crippen molar-refractivity contribution in [3.05, 3.63) is 65.6 Å². The first kappa shape index (κ1) is 19.8. The Labute approximate surface area is 176 Å². The average Bonchev–Trinajstić information content (AvgIpc) is 3.33. The van der Waals surface area contributed by atoms with E-state index in [0.717, 1.165) is 48.4 Å². The smallest absolute Gasteiger partial charge is 0.194 e. The summed E-state index contributed by atoms with van der Waals surface area (Å²) >= 11 is 0. The third-order valence-corrected chi connectivity index (χ3v) is 5.23. The average molecular weight is 406 g/mol. The highest BCUT2D eigenvalue weighted by atomic mass is 16.5. The maximum absolute atomic E-state index is 5.47. The van der Waals surface area contributed by atoms with Crippen LogP contribution in [0.1, 0.15) is 16.7 Å². The van der Waals surface area contributed by atoms with Gasteiger partial charge in [-0.05, 0) is 53.4 Å². The standard InChI is InChI=1S/C22H26N6O2/c1-23-22(25-14-16-5-8-24-21(11-16)28-9-4-7-26-28)27-10-6-17-12-19(29-2)20(30-3)13-18(17)15-27/h4-5,7-9,11-13H,6,10,14-15H2,1-3H3,(H,23,25). The molecule has 1 N–H and O–H groups in total. The topological polar surface area (TPSA) is 76.8 Å². The Morgan fingerprint density at radius 1 is 1.13 bits per heavy atom. The van der Waals surface area contributed by atoms with Gasteiger partial charge in [-0.2, -0.15) is 5.10 Å². The molecule has 1 aliphatic heterocycles. The largest absolute Gasteiger partial charge is 0.493 e. The highest BCUT2D eigenvalue weighted by Gasteiger charge is 2.21. The van der Waals surface area contributed by atoms with Crippen LogP contribution in [-0.4, -0.2) is 53.4 Å². The zero-order valence-electron chi connectivity index (χ0n) is 17.5. The number of rotatable bonds is 5. The van der Waals surface area contributed by atoms with Crippen molar-refractivity contribution < 1.29 is 9.47 Å². The molecule has 3 aromatic rings. The van der Waals surface area contributed by atoms with Gasteiger partial charge >= 0.3 is 0 Å². The molecule has 0 saturated heterocycles. The first-order valence-corrected chi connectivity index (χ1v) is 9.86. The number of fused-ring (bicyclic) bond motifs is 1. The number of aromatic nitrogens is 3. The maximum atomic E-state index is 5.47. The van der Waals surface area contributed by atoms with Gasteiger partial charge in [0.2, 0.25) is 0 Å². The van der Waals surface area contributed by atoms with Gasteiger partial charge in [-0.1, -0.05) is 0 Å². The molecule has 0 fully saturated rings. The summed E-state index contributed by atoms with van der Waals surface area (Å²) in [6, 6.07) is 10.0. The van der Waals surface area contributed by atoms with E-state index in [0.29, 0.717) is 6.54 Å². The second kappa shape index (κ2) is 8.86. The van der Waals surface area contributed by atoms with Crippen LogP contribution in [0.25, 0.3) is 5.82 Å². The number of pyridine rings is 1. The first-order valence-electron chi connectivity index (χ1n) is 9.86. The molecule has 0 saturated carbocycles. The second-order valence-electron chi connectivity index (χ2n) is 7.02. The van der Waals surface area contributed by atoms with Gasteiger partial charge in [0, 0.05) is 45.3 Å². The molecule has 156 valence electrons. The van der Waals surface area contributed by atoms with E-state index < -0.39 is 0 Å². The predicted octanol–water partition coefficient (Wildman–Crippen LogP) is 2.42. The molecule has 0 atom stereocenters. The van der Waals surface area contributed by atoms with Gasteiger partial charge in [0.25, 0.3) is 0 Å². The summed E-state index contributed by atoms with van der Waals surface area (Å²) in [4.78, 5) is 11.1. The molecule has 0 aliphatic carbocycles. The molecule has 3 heterocycles. The van der Waals surface area contributed by atoms with E-state index in [2.05, 4.69) is 37.4 Å². The first-order chi connectivity index (χ1) is 14.7. The van der Waals surface area contributed by atoms with Gasteiger partial charge < -0.3 is 19.7 Å². The van der Waals surface area contributed by atoms with Crippen LogP contribution in [0.4, 0.5) is 0 Å². The zero-order chi connectivity index (χ0) is 20.9. The lowest BCUT2D eigenvalue weighted by Crippen LogP contribution is -2.43. The molecule has 0 unspecified atom stereocenters. The van der Waals surface area contributed by atoms with E-state index >= 15 is 0 Å². The molecule has 1 aromatic carbocycles. The molecule has 8 heteroatoms. The van der Waals surface area contributed by atoms with Crippen LogP contribution in [0.3, 0.4) is 0 Å². The number of aliphatic imine (C=N–C) groups is 1. The van der Waals surface area contributed by atoms with Gasteiger partial charge in [0.1, 0.15) is 0 Å². The van der Waals surface area contributed by atoms with Crippen LogP contribution >= 0.6 is 0 Å². The summed E-state index contributed by atoms with van der Waals surface area (Å²) in [6.07, 6.45) is 6.35.